The van der Waals surface area contributed by atoms with E-state index in [1.165, 1.54) is 5.56 Å². The summed E-state index contributed by atoms with van der Waals surface area (Å²) in [6, 6.07) is 10.9. The van der Waals surface area contributed by atoms with Crippen molar-refractivity contribution in [1.82, 2.24) is 10.2 Å². The number of aryl methyl sites for hydroxylation is 1. The molecule has 4 rings (SSSR count). The van der Waals surface area contributed by atoms with E-state index in [4.69, 9.17) is 4.74 Å². The average molecular weight is 342 g/mol. The molecule has 1 N–H and O–H groups in total. The van der Waals surface area contributed by atoms with Crippen molar-refractivity contribution < 1.29 is 9.53 Å². The van der Waals surface area contributed by atoms with Gasteiger partial charge in [0.1, 0.15) is 0 Å². The molecular weight excluding hydrogens is 312 g/mol. The van der Waals surface area contributed by atoms with E-state index >= 15 is 0 Å². The summed E-state index contributed by atoms with van der Waals surface area (Å²) in [6.45, 7) is 7.18. The van der Waals surface area contributed by atoms with Crippen LogP contribution in [0.1, 0.15) is 38.7 Å². The maximum atomic E-state index is 12.8. The van der Waals surface area contributed by atoms with Gasteiger partial charge in [-0.3, -0.25) is 4.79 Å². The molecule has 1 aliphatic carbocycles. The maximum absolute atomic E-state index is 12.8. The number of carbonyl (C=O) groups excluding carboxylic acids is 1. The van der Waals surface area contributed by atoms with Crippen molar-refractivity contribution in [2.45, 2.75) is 57.7 Å². The highest BCUT2D eigenvalue weighted by atomic mass is 16.5. The number of nitrogens with one attached hydrogen (secondary N) is 1. The Hall–Kier alpha value is -1.39. The highest BCUT2D eigenvalue weighted by molar-refractivity contribution is 5.84. The fourth-order valence-electron chi connectivity index (χ4n) is 5.11. The Balaban J connectivity index is 1.27. The van der Waals surface area contributed by atoms with Crippen LogP contribution in [0.15, 0.2) is 30.3 Å². The smallest absolute Gasteiger partial charge is 0.239 e. The molecule has 4 unspecified atom stereocenters. The first-order valence-corrected chi connectivity index (χ1v) is 9.78. The first kappa shape index (κ1) is 17.0. The topological polar surface area (TPSA) is 41.6 Å². The standard InChI is InChI=1S/C21H30N2O2/c1-21(2)18(16-11-14-25-19(16)21)22-17-10-13-23(20(17)24)12-6-9-15-7-4-3-5-8-15/h3-5,7-8,16-19,22H,6,9-14H2,1-2H3. The molecule has 0 spiro atoms. The number of nitrogens with zero attached hydrogens (tertiary/aromatic N) is 1. The van der Waals surface area contributed by atoms with Crippen LogP contribution in [0.2, 0.25) is 0 Å². The number of rotatable bonds is 6. The van der Waals surface area contributed by atoms with E-state index in [1.807, 2.05) is 6.07 Å². The molecule has 1 saturated carbocycles. The Morgan fingerprint density at radius 1 is 1.24 bits per heavy atom. The van der Waals surface area contributed by atoms with Crippen LogP contribution < -0.4 is 5.32 Å². The Labute approximate surface area is 150 Å². The van der Waals surface area contributed by atoms with Crippen LogP contribution in [0.25, 0.3) is 0 Å². The van der Waals surface area contributed by atoms with E-state index in [0.29, 0.717) is 24.0 Å². The largest absolute Gasteiger partial charge is 0.377 e. The van der Waals surface area contributed by atoms with Crippen molar-refractivity contribution in [3.05, 3.63) is 35.9 Å². The number of amides is 1. The van der Waals surface area contributed by atoms with E-state index < -0.39 is 0 Å². The van der Waals surface area contributed by atoms with E-state index in [0.717, 1.165) is 45.4 Å². The molecule has 3 aliphatic rings. The van der Waals surface area contributed by atoms with Crippen molar-refractivity contribution in [3.8, 4) is 0 Å². The summed E-state index contributed by atoms with van der Waals surface area (Å²) in [5, 5.41) is 3.69. The quantitative estimate of drug-likeness (QED) is 0.864. The van der Waals surface area contributed by atoms with E-state index in [2.05, 4.69) is 48.3 Å². The average Bonchev–Trinajstić information content (AvgIpc) is 3.20. The first-order chi connectivity index (χ1) is 12.1. The fraction of sp³-hybridized carbons (Fsp3) is 0.667. The van der Waals surface area contributed by atoms with Gasteiger partial charge < -0.3 is 15.0 Å². The molecular formula is C21H30N2O2. The lowest BCUT2D eigenvalue weighted by molar-refractivity contribution is -0.135. The number of likely N-dealkylation sites (tertiary alicyclic amines) is 1. The van der Waals surface area contributed by atoms with Gasteiger partial charge in [0, 0.05) is 37.1 Å². The van der Waals surface area contributed by atoms with Crippen LogP contribution in [0, 0.1) is 11.3 Å². The molecule has 2 saturated heterocycles. The lowest BCUT2D eigenvalue weighted by atomic mass is 9.57. The zero-order valence-electron chi connectivity index (χ0n) is 15.4. The minimum absolute atomic E-state index is 0.00236. The van der Waals surface area contributed by atoms with Gasteiger partial charge >= 0.3 is 0 Å². The second-order valence-electron chi connectivity index (χ2n) is 8.47. The van der Waals surface area contributed by atoms with Gasteiger partial charge in [0.05, 0.1) is 12.1 Å². The third-order valence-electron chi connectivity index (χ3n) is 6.51. The van der Waals surface area contributed by atoms with Gasteiger partial charge in [0.25, 0.3) is 0 Å². The van der Waals surface area contributed by atoms with Gasteiger partial charge in [0.2, 0.25) is 5.91 Å². The SMILES string of the molecule is CC1(C)C(NC2CCN(CCCc3ccccc3)C2=O)C2CCOC21. The lowest BCUT2D eigenvalue weighted by Crippen LogP contribution is -2.68. The lowest BCUT2D eigenvalue weighted by Gasteiger charge is -2.55. The van der Waals surface area contributed by atoms with E-state index in [9.17, 15) is 4.79 Å². The van der Waals surface area contributed by atoms with Gasteiger partial charge in [-0.2, -0.15) is 0 Å². The highest BCUT2D eigenvalue weighted by Gasteiger charge is 2.60. The molecule has 4 nitrogen and oxygen atoms in total. The number of fused-ring (bicyclic) bond motifs is 1. The summed E-state index contributed by atoms with van der Waals surface area (Å²) < 4.78 is 5.87. The maximum Gasteiger partial charge on any atom is 0.239 e. The molecule has 1 aromatic carbocycles. The minimum Gasteiger partial charge on any atom is -0.377 e. The third kappa shape index (κ3) is 3.11. The van der Waals surface area contributed by atoms with Crippen LogP contribution >= 0.6 is 0 Å². The number of benzene rings is 1. The normalized spacial score (nSPS) is 33.4. The van der Waals surface area contributed by atoms with Crippen molar-refractivity contribution in [1.29, 1.82) is 0 Å². The predicted octanol–water partition coefficient (Wildman–Crippen LogP) is 2.62. The Morgan fingerprint density at radius 3 is 2.84 bits per heavy atom. The van der Waals surface area contributed by atoms with Crippen LogP contribution in [-0.4, -0.2) is 48.7 Å². The Kier molecular flexibility index (Phi) is 4.59. The summed E-state index contributed by atoms with van der Waals surface area (Å²) in [5.74, 6) is 0.890. The molecule has 3 fully saturated rings. The first-order valence-electron chi connectivity index (χ1n) is 9.78. The van der Waals surface area contributed by atoms with Gasteiger partial charge in [0.15, 0.2) is 0 Å². The van der Waals surface area contributed by atoms with Gasteiger partial charge in [-0.25, -0.2) is 0 Å². The van der Waals surface area contributed by atoms with Crippen LogP contribution in [0.5, 0.6) is 0 Å². The molecule has 0 bridgehead atoms. The number of hydrogen-bond acceptors (Lipinski definition) is 3. The molecule has 1 aromatic rings. The van der Waals surface area contributed by atoms with Gasteiger partial charge in [-0.1, -0.05) is 44.2 Å². The molecule has 2 aliphatic heterocycles. The van der Waals surface area contributed by atoms with Crippen molar-refractivity contribution >= 4 is 5.91 Å². The van der Waals surface area contributed by atoms with E-state index in [1.54, 1.807) is 0 Å². The van der Waals surface area contributed by atoms with Crippen LogP contribution in [0.4, 0.5) is 0 Å². The van der Waals surface area contributed by atoms with Crippen molar-refractivity contribution in [3.63, 3.8) is 0 Å². The minimum atomic E-state index is 0.00236. The molecule has 2 heterocycles. The molecule has 4 atom stereocenters. The molecule has 0 aromatic heterocycles. The van der Waals surface area contributed by atoms with Crippen molar-refractivity contribution in [2.75, 3.05) is 19.7 Å². The predicted molar refractivity (Wildman–Crippen MR) is 98.3 cm³/mol. The second kappa shape index (κ2) is 6.73. The summed E-state index contributed by atoms with van der Waals surface area (Å²) in [4.78, 5) is 14.8. The summed E-state index contributed by atoms with van der Waals surface area (Å²) in [5.41, 5.74) is 1.50. The summed E-state index contributed by atoms with van der Waals surface area (Å²) in [7, 11) is 0. The highest BCUT2D eigenvalue weighted by Crippen LogP contribution is 2.52. The summed E-state index contributed by atoms with van der Waals surface area (Å²) >= 11 is 0. The molecule has 136 valence electrons. The fourth-order valence-corrected chi connectivity index (χ4v) is 5.11. The van der Waals surface area contributed by atoms with Crippen molar-refractivity contribution in [2.24, 2.45) is 11.3 Å². The zero-order chi connectivity index (χ0) is 17.4. The summed E-state index contributed by atoms with van der Waals surface area (Å²) in [6.07, 6.45) is 4.53. The van der Waals surface area contributed by atoms with Gasteiger partial charge in [-0.05, 0) is 31.2 Å². The van der Waals surface area contributed by atoms with E-state index in [-0.39, 0.29) is 11.5 Å². The number of hydrogen-bond donors (Lipinski definition) is 1. The zero-order valence-corrected chi connectivity index (χ0v) is 15.4. The Morgan fingerprint density at radius 2 is 2.04 bits per heavy atom. The molecule has 0 radical (unpaired) electrons. The van der Waals surface area contributed by atoms with Gasteiger partial charge in [-0.15, -0.1) is 0 Å². The van der Waals surface area contributed by atoms with Crippen LogP contribution in [0.3, 0.4) is 0 Å². The second-order valence-corrected chi connectivity index (χ2v) is 8.47. The number of carbonyl (C=O) groups is 1. The Bertz CT molecular complexity index is 616. The monoisotopic (exact) mass is 342 g/mol. The third-order valence-corrected chi connectivity index (χ3v) is 6.51. The molecule has 1 amide bonds. The number of ether oxygens (including phenoxy) is 1. The molecule has 4 heteroatoms. The van der Waals surface area contributed by atoms with Crippen LogP contribution in [-0.2, 0) is 16.0 Å². The molecule has 25 heavy (non-hydrogen) atoms.